The Kier molecular flexibility index (Phi) is 6.45. The maximum absolute atomic E-state index is 12.1. The summed E-state index contributed by atoms with van der Waals surface area (Å²) in [5, 5.41) is 7.43. The van der Waals surface area contributed by atoms with Crippen molar-refractivity contribution < 1.29 is 9.53 Å². The first-order valence-corrected chi connectivity index (χ1v) is 7.95. The first-order chi connectivity index (χ1) is 11.6. The molecule has 0 fully saturated rings. The van der Waals surface area contributed by atoms with Crippen LogP contribution in [0, 0.1) is 6.92 Å². The molecule has 0 saturated carbocycles. The van der Waals surface area contributed by atoms with E-state index >= 15 is 0 Å². The monoisotopic (exact) mass is 341 g/mol. The van der Waals surface area contributed by atoms with Crippen LogP contribution in [0.25, 0.3) is 0 Å². The Bertz CT molecular complexity index is 742. The molecular weight excluding hydrogens is 322 g/mol. The second kappa shape index (κ2) is 8.79. The van der Waals surface area contributed by atoms with Crippen molar-refractivity contribution in [3.63, 3.8) is 0 Å². The van der Waals surface area contributed by atoms with Crippen molar-refractivity contribution in [2.45, 2.75) is 13.8 Å². The summed E-state index contributed by atoms with van der Waals surface area (Å²) in [6, 6.07) is 14.4. The third-order valence-corrected chi connectivity index (χ3v) is 3.41. The van der Waals surface area contributed by atoms with E-state index in [1.54, 1.807) is 24.4 Å². The van der Waals surface area contributed by atoms with Gasteiger partial charge in [-0.3, -0.25) is 5.43 Å². The van der Waals surface area contributed by atoms with Gasteiger partial charge in [-0.15, -0.1) is 0 Å². The number of carbonyl (C=O) groups excluding carboxylic acids is 1. The minimum Gasteiger partial charge on any atom is -0.423 e. The van der Waals surface area contributed by atoms with E-state index in [1.165, 1.54) is 0 Å². The molecule has 2 rings (SSSR count). The molecule has 0 aliphatic heterocycles. The highest BCUT2D eigenvalue weighted by Gasteiger charge is 2.10. The number of benzene rings is 2. The van der Waals surface area contributed by atoms with Crippen LogP contribution < -0.4 is 15.5 Å². The van der Waals surface area contributed by atoms with Crippen molar-refractivity contribution in [2.24, 2.45) is 5.10 Å². The number of ether oxygens (including phenoxy) is 1. The Balaban J connectivity index is 1.95. The molecule has 2 aromatic carbocycles. The maximum Gasteiger partial charge on any atom is 0.343 e. The molecular formula is C18H19N3O2S. The molecule has 24 heavy (non-hydrogen) atoms. The van der Waals surface area contributed by atoms with E-state index in [9.17, 15) is 4.79 Å². The minimum absolute atomic E-state index is 0.368. The van der Waals surface area contributed by atoms with Gasteiger partial charge >= 0.3 is 5.97 Å². The van der Waals surface area contributed by atoms with Gasteiger partial charge in [0, 0.05) is 6.54 Å². The van der Waals surface area contributed by atoms with Gasteiger partial charge in [-0.2, -0.15) is 5.10 Å². The Hall–Kier alpha value is -2.73. The minimum atomic E-state index is -0.368. The second-order valence-electron chi connectivity index (χ2n) is 5.00. The van der Waals surface area contributed by atoms with Crippen LogP contribution in [0.1, 0.15) is 28.4 Å². The van der Waals surface area contributed by atoms with Gasteiger partial charge in [-0.1, -0.05) is 18.2 Å². The largest absolute Gasteiger partial charge is 0.423 e. The van der Waals surface area contributed by atoms with Gasteiger partial charge in [0.2, 0.25) is 0 Å². The van der Waals surface area contributed by atoms with Gasteiger partial charge in [0.05, 0.1) is 11.8 Å². The predicted octanol–water partition coefficient (Wildman–Crippen LogP) is 3.03. The lowest BCUT2D eigenvalue weighted by Crippen LogP contribution is -2.31. The van der Waals surface area contributed by atoms with Crippen LogP contribution in [0.3, 0.4) is 0 Å². The first-order valence-electron chi connectivity index (χ1n) is 7.55. The number of thiocarbonyl (C=S) groups is 1. The number of carbonyl (C=O) groups is 1. The van der Waals surface area contributed by atoms with Crippen LogP contribution in [0.2, 0.25) is 0 Å². The van der Waals surface area contributed by atoms with Gasteiger partial charge in [-0.25, -0.2) is 4.79 Å². The average molecular weight is 341 g/mol. The Morgan fingerprint density at radius 1 is 1.21 bits per heavy atom. The van der Waals surface area contributed by atoms with Gasteiger partial charge < -0.3 is 10.1 Å². The summed E-state index contributed by atoms with van der Waals surface area (Å²) >= 11 is 5.00. The smallest absolute Gasteiger partial charge is 0.343 e. The van der Waals surface area contributed by atoms with Crippen molar-refractivity contribution in [3.05, 3.63) is 65.2 Å². The number of aryl methyl sites for hydroxylation is 1. The summed E-state index contributed by atoms with van der Waals surface area (Å²) in [7, 11) is 0. The lowest BCUT2D eigenvalue weighted by Gasteiger charge is -2.06. The molecule has 0 bridgehead atoms. The Morgan fingerprint density at radius 2 is 1.92 bits per heavy atom. The molecule has 6 heteroatoms. The third-order valence-electron chi connectivity index (χ3n) is 3.17. The summed E-state index contributed by atoms with van der Waals surface area (Å²) in [6.45, 7) is 4.57. The Morgan fingerprint density at radius 3 is 2.58 bits per heavy atom. The van der Waals surface area contributed by atoms with Crippen LogP contribution >= 0.6 is 12.2 Å². The fraction of sp³-hybridized carbons (Fsp3) is 0.167. The molecule has 2 aromatic rings. The summed E-state index contributed by atoms with van der Waals surface area (Å²) in [6.07, 6.45) is 1.64. The molecule has 0 aromatic heterocycles. The van der Waals surface area contributed by atoms with Crippen LogP contribution in [0.5, 0.6) is 5.75 Å². The highest BCUT2D eigenvalue weighted by atomic mass is 32.1. The zero-order valence-electron chi connectivity index (χ0n) is 13.6. The molecule has 2 N–H and O–H groups in total. The number of nitrogens with one attached hydrogen (secondary N) is 2. The number of esters is 1. The highest BCUT2D eigenvalue weighted by Crippen LogP contribution is 2.15. The molecule has 0 radical (unpaired) electrons. The number of hydrogen-bond donors (Lipinski definition) is 2. The summed E-state index contributed by atoms with van der Waals surface area (Å²) < 4.78 is 5.38. The summed E-state index contributed by atoms with van der Waals surface area (Å²) in [5.41, 5.74) is 5.01. The molecule has 124 valence electrons. The first kappa shape index (κ1) is 17.6. The van der Waals surface area contributed by atoms with Gasteiger partial charge in [-0.05, 0) is 67.5 Å². The molecule has 0 aliphatic rings. The third kappa shape index (κ3) is 5.17. The van der Waals surface area contributed by atoms with Gasteiger partial charge in [0.15, 0.2) is 5.11 Å². The van der Waals surface area contributed by atoms with E-state index < -0.39 is 0 Å². The number of rotatable bonds is 5. The van der Waals surface area contributed by atoms with Crippen molar-refractivity contribution in [2.75, 3.05) is 6.54 Å². The lowest BCUT2D eigenvalue weighted by atomic mass is 10.1. The highest BCUT2D eigenvalue weighted by molar-refractivity contribution is 7.80. The Labute approximate surface area is 146 Å². The number of hydrogen-bond acceptors (Lipinski definition) is 4. The maximum atomic E-state index is 12.1. The molecule has 5 nitrogen and oxygen atoms in total. The lowest BCUT2D eigenvalue weighted by molar-refractivity contribution is 0.0734. The number of nitrogens with zero attached hydrogens (tertiary/aromatic N) is 1. The zero-order valence-corrected chi connectivity index (χ0v) is 14.4. The SMILES string of the molecule is CCNC(=S)N/N=C/c1ccc(OC(=O)c2ccccc2C)cc1. The molecule has 0 saturated heterocycles. The molecule has 0 unspecified atom stereocenters. The number of hydrazone groups is 1. The van der Waals surface area contributed by atoms with Crippen molar-refractivity contribution in [3.8, 4) is 5.75 Å². The fourth-order valence-electron chi connectivity index (χ4n) is 1.95. The standard InChI is InChI=1S/C18H19N3O2S/c1-3-19-18(24)21-20-12-14-8-10-15(11-9-14)23-17(22)16-7-5-4-6-13(16)2/h4-12H,3H2,1-2H3,(H2,19,21,24)/b20-12+. The molecule has 0 spiro atoms. The van der Waals surface area contributed by atoms with E-state index in [4.69, 9.17) is 17.0 Å². The molecule has 0 heterocycles. The average Bonchev–Trinajstić information content (AvgIpc) is 2.57. The second-order valence-corrected chi connectivity index (χ2v) is 5.41. The van der Waals surface area contributed by atoms with Crippen molar-refractivity contribution in [1.29, 1.82) is 0 Å². The van der Waals surface area contributed by atoms with Crippen molar-refractivity contribution in [1.82, 2.24) is 10.7 Å². The predicted molar refractivity (Wildman–Crippen MR) is 99.6 cm³/mol. The van der Waals surface area contributed by atoms with Gasteiger partial charge in [0.1, 0.15) is 5.75 Å². The van der Waals surface area contributed by atoms with E-state index in [0.717, 1.165) is 17.7 Å². The van der Waals surface area contributed by atoms with Gasteiger partial charge in [0.25, 0.3) is 0 Å². The van der Waals surface area contributed by atoms with E-state index in [2.05, 4.69) is 15.8 Å². The fourth-order valence-corrected chi connectivity index (χ4v) is 2.15. The van der Waals surface area contributed by atoms with E-state index in [0.29, 0.717) is 16.4 Å². The zero-order chi connectivity index (χ0) is 17.4. The molecule has 0 aliphatic carbocycles. The van der Waals surface area contributed by atoms with E-state index in [-0.39, 0.29) is 5.97 Å². The van der Waals surface area contributed by atoms with Crippen LogP contribution in [0.4, 0.5) is 0 Å². The quantitative estimate of drug-likeness (QED) is 0.288. The molecule has 0 amide bonds. The summed E-state index contributed by atoms with van der Waals surface area (Å²) in [4.78, 5) is 12.1. The normalized spacial score (nSPS) is 10.4. The van der Waals surface area contributed by atoms with Crippen LogP contribution in [0.15, 0.2) is 53.6 Å². The van der Waals surface area contributed by atoms with Crippen LogP contribution in [-0.2, 0) is 0 Å². The van der Waals surface area contributed by atoms with E-state index in [1.807, 2.05) is 44.2 Å². The topological polar surface area (TPSA) is 62.7 Å². The molecule has 0 atom stereocenters. The van der Waals surface area contributed by atoms with Crippen molar-refractivity contribution >= 4 is 29.5 Å². The van der Waals surface area contributed by atoms with Crippen LogP contribution in [-0.4, -0.2) is 23.8 Å². The summed E-state index contributed by atoms with van der Waals surface area (Å²) in [5.74, 6) is 0.115.